The van der Waals surface area contributed by atoms with Gasteiger partial charge in [-0.15, -0.1) is 0 Å². The zero-order valence-electron chi connectivity index (χ0n) is 13.1. The average molecular weight is 335 g/mol. The standard InChI is InChI=1S/C17H19F2N3O2/c18-17(19)13-9-20-8-7-16(13,17)10-1-3-11(4-2-10)21-12-5-6-14(23)22-15(12)24/h1-4,12-13,20-21H,5-9H2,(H,22,23,24)/t12-,13-,16-/m1/s1. The van der Waals surface area contributed by atoms with Gasteiger partial charge in [0.2, 0.25) is 11.8 Å². The molecule has 0 aromatic heterocycles. The van der Waals surface area contributed by atoms with Crippen LogP contribution in [0.25, 0.3) is 0 Å². The van der Waals surface area contributed by atoms with Crippen LogP contribution >= 0.6 is 0 Å². The van der Waals surface area contributed by atoms with E-state index in [0.29, 0.717) is 43.6 Å². The predicted octanol–water partition coefficient (Wildman–Crippen LogP) is 1.40. The zero-order chi connectivity index (χ0) is 16.9. The van der Waals surface area contributed by atoms with Gasteiger partial charge in [0, 0.05) is 18.7 Å². The van der Waals surface area contributed by atoms with Crippen molar-refractivity contribution in [2.45, 2.75) is 36.6 Å². The Labute approximate surface area is 138 Å². The number of hydrogen-bond donors (Lipinski definition) is 3. The monoisotopic (exact) mass is 335 g/mol. The Morgan fingerprint density at radius 3 is 2.58 bits per heavy atom. The normalized spacial score (nSPS) is 34.2. The van der Waals surface area contributed by atoms with E-state index in [1.54, 1.807) is 24.3 Å². The van der Waals surface area contributed by atoms with Crippen LogP contribution in [0.15, 0.2) is 24.3 Å². The number of carbonyl (C=O) groups is 2. The van der Waals surface area contributed by atoms with E-state index in [-0.39, 0.29) is 11.8 Å². The maximum atomic E-state index is 14.3. The average Bonchev–Trinajstić information content (AvgIpc) is 3.09. The van der Waals surface area contributed by atoms with Gasteiger partial charge in [0.05, 0.1) is 11.3 Å². The van der Waals surface area contributed by atoms with Crippen LogP contribution in [0.2, 0.25) is 0 Å². The van der Waals surface area contributed by atoms with E-state index in [4.69, 9.17) is 0 Å². The van der Waals surface area contributed by atoms with Gasteiger partial charge in [-0.3, -0.25) is 14.9 Å². The predicted molar refractivity (Wildman–Crippen MR) is 83.8 cm³/mol. The number of carbonyl (C=O) groups excluding carboxylic acids is 2. The van der Waals surface area contributed by atoms with Crippen LogP contribution in [0, 0.1) is 5.92 Å². The summed E-state index contributed by atoms with van der Waals surface area (Å²) in [4.78, 5) is 22.9. The Morgan fingerprint density at radius 2 is 1.92 bits per heavy atom. The van der Waals surface area contributed by atoms with Crippen LogP contribution in [-0.2, 0) is 15.0 Å². The number of alkyl halides is 2. The third-order valence-electron chi connectivity index (χ3n) is 5.57. The van der Waals surface area contributed by atoms with E-state index >= 15 is 0 Å². The van der Waals surface area contributed by atoms with Gasteiger partial charge in [-0.2, -0.15) is 0 Å². The molecule has 7 heteroatoms. The molecule has 1 saturated carbocycles. The number of imide groups is 1. The van der Waals surface area contributed by atoms with Crippen molar-refractivity contribution in [1.82, 2.24) is 10.6 Å². The van der Waals surface area contributed by atoms with Crippen LogP contribution < -0.4 is 16.0 Å². The van der Waals surface area contributed by atoms with Crippen molar-refractivity contribution in [2.75, 3.05) is 18.4 Å². The Kier molecular flexibility index (Phi) is 3.38. The lowest BCUT2D eigenvalue weighted by molar-refractivity contribution is -0.133. The van der Waals surface area contributed by atoms with Gasteiger partial charge in [-0.1, -0.05) is 12.1 Å². The van der Waals surface area contributed by atoms with Gasteiger partial charge >= 0.3 is 0 Å². The van der Waals surface area contributed by atoms with Crippen LogP contribution in [0.1, 0.15) is 24.8 Å². The van der Waals surface area contributed by atoms with Gasteiger partial charge in [0.15, 0.2) is 0 Å². The SMILES string of the molecule is O=C1CC[C@@H](Nc2ccc([C@]34CCNC[C@H]3C4(F)F)cc2)C(=O)N1. The fourth-order valence-electron chi connectivity index (χ4n) is 4.14. The minimum atomic E-state index is -2.66. The number of nitrogens with one attached hydrogen (secondary N) is 3. The third kappa shape index (κ3) is 2.14. The van der Waals surface area contributed by atoms with Gasteiger partial charge in [0.25, 0.3) is 5.92 Å². The fourth-order valence-corrected chi connectivity index (χ4v) is 4.14. The maximum Gasteiger partial charge on any atom is 0.263 e. The van der Waals surface area contributed by atoms with E-state index in [0.717, 1.165) is 0 Å². The molecule has 0 unspecified atom stereocenters. The van der Waals surface area contributed by atoms with E-state index in [9.17, 15) is 18.4 Å². The third-order valence-corrected chi connectivity index (χ3v) is 5.57. The summed E-state index contributed by atoms with van der Waals surface area (Å²) in [5.74, 6) is -3.90. The largest absolute Gasteiger partial charge is 0.374 e. The molecule has 24 heavy (non-hydrogen) atoms. The molecule has 3 fully saturated rings. The molecular weight excluding hydrogens is 316 g/mol. The highest BCUT2D eigenvalue weighted by Gasteiger charge is 2.80. The summed E-state index contributed by atoms with van der Waals surface area (Å²) in [5.41, 5.74) is 0.317. The molecule has 3 atom stereocenters. The number of piperidine rings is 2. The lowest BCUT2D eigenvalue weighted by Crippen LogP contribution is -2.47. The highest BCUT2D eigenvalue weighted by Crippen LogP contribution is 2.69. The number of anilines is 1. The van der Waals surface area contributed by atoms with Crippen LogP contribution in [-0.4, -0.2) is 36.9 Å². The van der Waals surface area contributed by atoms with Gasteiger partial charge < -0.3 is 10.6 Å². The topological polar surface area (TPSA) is 70.2 Å². The van der Waals surface area contributed by atoms with Crippen molar-refractivity contribution < 1.29 is 18.4 Å². The first kappa shape index (κ1) is 15.5. The number of amides is 2. The molecule has 0 radical (unpaired) electrons. The number of hydrogen-bond acceptors (Lipinski definition) is 4. The van der Waals surface area contributed by atoms with Crippen LogP contribution in [0.5, 0.6) is 0 Å². The second-order valence-corrected chi connectivity index (χ2v) is 6.83. The van der Waals surface area contributed by atoms with Crippen molar-refractivity contribution in [1.29, 1.82) is 0 Å². The summed E-state index contributed by atoms with van der Waals surface area (Å²) in [6, 6.07) is 6.46. The molecule has 0 bridgehead atoms. The number of halogens is 2. The Bertz CT molecular complexity index is 692. The molecule has 2 amide bonds. The summed E-state index contributed by atoms with van der Waals surface area (Å²) in [6.45, 7) is 0.950. The first-order valence-corrected chi connectivity index (χ1v) is 8.24. The molecule has 2 heterocycles. The van der Waals surface area contributed by atoms with Gasteiger partial charge in [0.1, 0.15) is 6.04 Å². The summed E-state index contributed by atoms with van der Waals surface area (Å²) in [7, 11) is 0. The zero-order valence-corrected chi connectivity index (χ0v) is 13.1. The van der Waals surface area contributed by atoms with E-state index in [1.807, 2.05) is 0 Å². The molecular formula is C17H19F2N3O2. The lowest BCUT2D eigenvalue weighted by atomic mass is 9.87. The minimum absolute atomic E-state index is 0.264. The summed E-state index contributed by atoms with van der Waals surface area (Å²) in [5, 5.41) is 8.39. The van der Waals surface area contributed by atoms with Crippen molar-refractivity contribution in [3.63, 3.8) is 0 Å². The number of fused-ring (bicyclic) bond motifs is 1. The Hall–Kier alpha value is -2.02. The summed E-state index contributed by atoms with van der Waals surface area (Å²) >= 11 is 0. The molecule has 5 nitrogen and oxygen atoms in total. The number of benzene rings is 1. The first-order chi connectivity index (χ1) is 11.4. The van der Waals surface area contributed by atoms with Gasteiger partial charge in [-0.05, 0) is 37.1 Å². The summed E-state index contributed by atoms with van der Waals surface area (Å²) < 4.78 is 28.5. The van der Waals surface area contributed by atoms with Crippen LogP contribution in [0.4, 0.5) is 14.5 Å². The number of rotatable bonds is 3. The van der Waals surface area contributed by atoms with Crippen molar-refractivity contribution >= 4 is 17.5 Å². The van der Waals surface area contributed by atoms with E-state index in [1.165, 1.54) is 0 Å². The molecule has 1 aromatic rings. The molecule has 1 aromatic carbocycles. The summed E-state index contributed by atoms with van der Waals surface area (Å²) in [6.07, 6.45) is 1.16. The second-order valence-electron chi connectivity index (χ2n) is 6.83. The lowest BCUT2D eigenvalue weighted by Gasteiger charge is -2.24. The van der Waals surface area contributed by atoms with Crippen LogP contribution in [0.3, 0.4) is 0 Å². The molecule has 0 spiro atoms. The van der Waals surface area contributed by atoms with E-state index in [2.05, 4.69) is 16.0 Å². The smallest absolute Gasteiger partial charge is 0.263 e. The first-order valence-electron chi connectivity index (χ1n) is 8.24. The molecule has 2 saturated heterocycles. The molecule has 128 valence electrons. The molecule has 3 aliphatic rings. The molecule has 1 aliphatic carbocycles. The second kappa shape index (κ2) is 5.24. The molecule has 4 rings (SSSR count). The maximum absolute atomic E-state index is 14.3. The highest BCUT2D eigenvalue weighted by molar-refractivity contribution is 6.01. The van der Waals surface area contributed by atoms with Crippen molar-refractivity contribution in [3.05, 3.63) is 29.8 Å². The minimum Gasteiger partial charge on any atom is -0.374 e. The molecule has 3 N–H and O–H groups in total. The van der Waals surface area contributed by atoms with Crippen molar-refractivity contribution in [3.8, 4) is 0 Å². The highest BCUT2D eigenvalue weighted by atomic mass is 19.3. The van der Waals surface area contributed by atoms with E-state index < -0.39 is 23.3 Å². The fraction of sp³-hybridized carbons (Fsp3) is 0.529. The van der Waals surface area contributed by atoms with Gasteiger partial charge in [-0.25, -0.2) is 8.78 Å². The quantitative estimate of drug-likeness (QED) is 0.731. The Balaban J connectivity index is 1.50. The Morgan fingerprint density at radius 1 is 1.17 bits per heavy atom. The van der Waals surface area contributed by atoms with Crippen molar-refractivity contribution in [2.24, 2.45) is 5.92 Å². The molecule has 2 aliphatic heterocycles.